The molecule has 1 aliphatic rings. The van der Waals surface area contributed by atoms with Gasteiger partial charge >= 0.3 is 6.03 Å². The predicted molar refractivity (Wildman–Crippen MR) is 89.3 cm³/mol. The van der Waals surface area contributed by atoms with Crippen LogP contribution in [0.15, 0.2) is 22.6 Å². The van der Waals surface area contributed by atoms with Gasteiger partial charge in [-0.2, -0.15) is 0 Å². The van der Waals surface area contributed by atoms with E-state index in [2.05, 4.69) is 22.1 Å². The number of hydrogen-bond acceptors (Lipinski definition) is 4. The Labute approximate surface area is 136 Å². The Bertz CT molecular complexity index is 674. The molecule has 2 heterocycles. The van der Waals surface area contributed by atoms with E-state index >= 15 is 0 Å². The fraction of sp³-hybridized carbons (Fsp3) is 0.529. The second-order valence-corrected chi connectivity index (χ2v) is 6.07. The van der Waals surface area contributed by atoms with E-state index in [-0.39, 0.29) is 6.03 Å². The number of urea groups is 1. The molecule has 23 heavy (non-hydrogen) atoms. The highest BCUT2D eigenvalue weighted by Gasteiger charge is 2.22. The number of aryl methyl sites for hydroxylation is 1. The second-order valence-electron chi connectivity index (χ2n) is 6.07. The molecule has 0 unspecified atom stereocenters. The molecule has 1 aromatic heterocycles. The summed E-state index contributed by atoms with van der Waals surface area (Å²) < 4.78 is 5.83. The molecule has 0 atom stereocenters. The lowest BCUT2D eigenvalue weighted by Gasteiger charge is -2.33. The first kappa shape index (κ1) is 15.8. The highest BCUT2D eigenvalue weighted by molar-refractivity contribution is 5.74. The van der Waals surface area contributed by atoms with Crippen LogP contribution >= 0.6 is 0 Å². The van der Waals surface area contributed by atoms with Gasteiger partial charge in [-0.05, 0) is 31.0 Å². The number of piperazine rings is 1. The molecule has 124 valence electrons. The van der Waals surface area contributed by atoms with Crippen molar-refractivity contribution in [2.75, 3.05) is 32.7 Å². The van der Waals surface area contributed by atoms with Gasteiger partial charge in [0.05, 0.1) is 6.54 Å². The number of nitrogens with zero attached hydrogens (tertiary/aromatic N) is 3. The quantitative estimate of drug-likeness (QED) is 0.941. The molecule has 1 aliphatic heterocycles. The van der Waals surface area contributed by atoms with E-state index in [9.17, 15) is 4.79 Å². The van der Waals surface area contributed by atoms with Gasteiger partial charge in [-0.25, -0.2) is 9.78 Å². The lowest BCUT2D eigenvalue weighted by Crippen LogP contribution is -2.51. The summed E-state index contributed by atoms with van der Waals surface area (Å²) in [7, 11) is 0. The Balaban J connectivity index is 1.54. The standard InChI is InChI=1S/C17H24N4O2/c1-3-6-18-17(22)21-9-7-20(8-10-21)12-16-19-14-5-4-13(2)11-15(14)23-16/h4-5,11H,3,6-10,12H2,1-2H3,(H,18,22). The number of oxazole rings is 1. The fourth-order valence-electron chi connectivity index (χ4n) is 2.79. The molecular weight excluding hydrogens is 292 g/mol. The molecule has 1 aromatic carbocycles. The maximum Gasteiger partial charge on any atom is 0.317 e. The van der Waals surface area contributed by atoms with E-state index in [1.807, 2.05) is 30.0 Å². The molecule has 0 spiro atoms. The lowest BCUT2D eigenvalue weighted by molar-refractivity contribution is 0.129. The largest absolute Gasteiger partial charge is 0.439 e. The van der Waals surface area contributed by atoms with Crippen LogP contribution in [0, 0.1) is 6.92 Å². The zero-order chi connectivity index (χ0) is 16.2. The van der Waals surface area contributed by atoms with Crippen LogP contribution in [0.4, 0.5) is 4.79 Å². The number of amides is 2. The molecule has 0 saturated carbocycles. The molecule has 0 radical (unpaired) electrons. The summed E-state index contributed by atoms with van der Waals surface area (Å²) in [6.45, 7) is 8.71. The Kier molecular flexibility index (Phi) is 4.81. The maximum absolute atomic E-state index is 11.9. The van der Waals surface area contributed by atoms with Crippen LogP contribution in [0.1, 0.15) is 24.8 Å². The number of nitrogens with one attached hydrogen (secondary N) is 1. The lowest BCUT2D eigenvalue weighted by atomic mass is 10.2. The minimum Gasteiger partial charge on any atom is -0.439 e. The Morgan fingerprint density at radius 1 is 1.30 bits per heavy atom. The molecular formula is C17H24N4O2. The molecule has 0 aliphatic carbocycles. The third-order valence-electron chi connectivity index (χ3n) is 4.13. The van der Waals surface area contributed by atoms with Gasteiger partial charge in [-0.15, -0.1) is 0 Å². The van der Waals surface area contributed by atoms with Gasteiger partial charge in [-0.1, -0.05) is 13.0 Å². The van der Waals surface area contributed by atoms with Gasteiger partial charge in [0.1, 0.15) is 5.52 Å². The van der Waals surface area contributed by atoms with E-state index < -0.39 is 0 Å². The third-order valence-corrected chi connectivity index (χ3v) is 4.13. The monoisotopic (exact) mass is 316 g/mol. The van der Waals surface area contributed by atoms with Crippen LogP contribution in [0.25, 0.3) is 11.1 Å². The smallest absolute Gasteiger partial charge is 0.317 e. The van der Waals surface area contributed by atoms with Crippen molar-refractivity contribution < 1.29 is 9.21 Å². The number of rotatable bonds is 4. The van der Waals surface area contributed by atoms with Crippen molar-refractivity contribution in [3.05, 3.63) is 29.7 Å². The van der Waals surface area contributed by atoms with Gasteiger partial charge < -0.3 is 14.6 Å². The molecule has 6 heteroatoms. The molecule has 1 N–H and O–H groups in total. The van der Waals surface area contributed by atoms with Crippen molar-refractivity contribution in [3.63, 3.8) is 0 Å². The molecule has 6 nitrogen and oxygen atoms in total. The van der Waals surface area contributed by atoms with Crippen LogP contribution in [0.5, 0.6) is 0 Å². The Hall–Kier alpha value is -2.08. The Morgan fingerprint density at radius 3 is 2.83 bits per heavy atom. The summed E-state index contributed by atoms with van der Waals surface area (Å²) in [5, 5.41) is 2.93. The van der Waals surface area contributed by atoms with E-state index in [0.717, 1.165) is 56.1 Å². The summed E-state index contributed by atoms with van der Waals surface area (Å²) in [6, 6.07) is 6.10. The summed E-state index contributed by atoms with van der Waals surface area (Å²) in [5.74, 6) is 0.745. The Morgan fingerprint density at radius 2 is 2.09 bits per heavy atom. The number of fused-ring (bicyclic) bond motifs is 1. The number of carbonyl (C=O) groups is 1. The van der Waals surface area contributed by atoms with Gasteiger partial charge in [0.2, 0.25) is 5.89 Å². The van der Waals surface area contributed by atoms with Crippen molar-refractivity contribution in [2.45, 2.75) is 26.8 Å². The summed E-state index contributed by atoms with van der Waals surface area (Å²) in [6.07, 6.45) is 0.961. The predicted octanol–water partition coefficient (Wildman–Crippen LogP) is 2.37. The maximum atomic E-state index is 11.9. The summed E-state index contributed by atoms with van der Waals surface area (Å²) in [4.78, 5) is 20.6. The first-order chi connectivity index (χ1) is 11.2. The second kappa shape index (κ2) is 7.00. The van der Waals surface area contributed by atoms with E-state index in [4.69, 9.17) is 4.42 Å². The normalized spacial score (nSPS) is 16.0. The minimum absolute atomic E-state index is 0.0452. The van der Waals surface area contributed by atoms with Crippen LogP contribution < -0.4 is 5.32 Å². The van der Waals surface area contributed by atoms with Crippen molar-refractivity contribution in [1.82, 2.24) is 20.1 Å². The van der Waals surface area contributed by atoms with E-state index in [1.54, 1.807) is 0 Å². The number of carbonyl (C=O) groups excluding carboxylic acids is 1. The first-order valence-electron chi connectivity index (χ1n) is 8.27. The average molecular weight is 316 g/mol. The highest BCUT2D eigenvalue weighted by atomic mass is 16.3. The van der Waals surface area contributed by atoms with Crippen LogP contribution in [0.3, 0.4) is 0 Å². The van der Waals surface area contributed by atoms with Crippen molar-refractivity contribution in [1.29, 1.82) is 0 Å². The van der Waals surface area contributed by atoms with Gasteiger partial charge in [0.15, 0.2) is 5.58 Å². The SMILES string of the molecule is CCCNC(=O)N1CCN(Cc2nc3ccc(C)cc3o2)CC1. The molecule has 2 amide bonds. The minimum atomic E-state index is 0.0452. The van der Waals surface area contributed by atoms with Crippen molar-refractivity contribution in [2.24, 2.45) is 0 Å². The molecule has 1 saturated heterocycles. The first-order valence-corrected chi connectivity index (χ1v) is 8.27. The topological polar surface area (TPSA) is 61.6 Å². The fourth-order valence-corrected chi connectivity index (χ4v) is 2.79. The zero-order valence-electron chi connectivity index (χ0n) is 13.8. The summed E-state index contributed by atoms with van der Waals surface area (Å²) >= 11 is 0. The van der Waals surface area contributed by atoms with Gasteiger partial charge in [0, 0.05) is 32.7 Å². The molecule has 1 fully saturated rings. The number of hydrogen-bond donors (Lipinski definition) is 1. The molecule has 3 rings (SSSR count). The van der Waals surface area contributed by atoms with Crippen molar-refractivity contribution in [3.8, 4) is 0 Å². The number of benzene rings is 1. The van der Waals surface area contributed by atoms with Gasteiger partial charge in [0.25, 0.3) is 0 Å². The van der Waals surface area contributed by atoms with Crippen LogP contribution in [0.2, 0.25) is 0 Å². The van der Waals surface area contributed by atoms with E-state index in [1.165, 1.54) is 5.56 Å². The number of aromatic nitrogens is 1. The van der Waals surface area contributed by atoms with Crippen LogP contribution in [-0.2, 0) is 6.54 Å². The zero-order valence-corrected chi connectivity index (χ0v) is 13.8. The van der Waals surface area contributed by atoms with Crippen molar-refractivity contribution >= 4 is 17.1 Å². The third kappa shape index (κ3) is 3.82. The van der Waals surface area contributed by atoms with E-state index in [0.29, 0.717) is 6.54 Å². The highest BCUT2D eigenvalue weighted by Crippen LogP contribution is 2.18. The molecule has 0 bridgehead atoms. The van der Waals surface area contributed by atoms with Crippen LogP contribution in [-0.4, -0.2) is 53.5 Å². The van der Waals surface area contributed by atoms with Gasteiger partial charge in [-0.3, -0.25) is 4.90 Å². The molecule has 2 aromatic rings. The summed E-state index contributed by atoms with van der Waals surface area (Å²) in [5.41, 5.74) is 2.92. The average Bonchev–Trinajstić information content (AvgIpc) is 2.94.